The third-order valence-electron chi connectivity index (χ3n) is 6.56. The van der Waals surface area contributed by atoms with Crippen molar-refractivity contribution in [1.82, 2.24) is 5.32 Å². The molecular weight excluding hydrogens is 454 g/mol. The van der Waals surface area contributed by atoms with Crippen LogP contribution in [0, 0.1) is 0 Å². The topological polar surface area (TPSA) is 79.0 Å². The molecule has 0 radical (unpaired) electrons. The Bertz CT molecular complexity index is 1200. The number of fused-ring (bicyclic) bond motifs is 1. The first-order valence-electron chi connectivity index (χ1n) is 11.2. The lowest BCUT2D eigenvalue weighted by molar-refractivity contribution is -0.122. The molecule has 2 aromatic carbocycles. The number of carbonyl (C=O) groups excluding carboxylic acids is 3. The number of nitrogens with one attached hydrogen (secondary N) is 1. The molecule has 8 heteroatoms. The minimum absolute atomic E-state index is 0.0203. The maximum Gasteiger partial charge on any atom is 0.335 e. The van der Waals surface area contributed by atoms with Gasteiger partial charge in [0.15, 0.2) is 0 Å². The van der Waals surface area contributed by atoms with Crippen molar-refractivity contribution in [2.24, 2.45) is 0 Å². The molecule has 2 aromatic rings. The van der Waals surface area contributed by atoms with Crippen LogP contribution in [0.15, 0.2) is 42.0 Å². The Labute approximate surface area is 204 Å². The third kappa shape index (κ3) is 4.16. The van der Waals surface area contributed by atoms with Gasteiger partial charge in [-0.2, -0.15) is 0 Å². The third-order valence-corrected chi connectivity index (χ3v) is 6.89. The predicted octanol–water partition coefficient (Wildman–Crippen LogP) is 5.13. The Morgan fingerprint density at radius 3 is 2.50 bits per heavy atom. The van der Waals surface area contributed by atoms with E-state index in [1.54, 1.807) is 24.3 Å². The van der Waals surface area contributed by atoms with E-state index in [1.807, 2.05) is 26.1 Å². The van der Waals surface area contributed by atoms with Crippen LogP contribution in [0.25, 0.3) is 6.08 Å². The fourth-order valence-corrected chi connectivity index (χ4v) is 4.83. The molecule has 4 rings (SSSR count). The molecule has 178 valence electrons. The van der Waals surface area contributed by atoms with Crippen molar-refractivity contribution in [3.63, 3.8) is 0 Å². The number of rotatable bonds is 4. The monoisotopic (exact) mass is 481 g/mol. The molecule has 7 nitrogen and oxygen atoms in total. The van der Waals surface area contributed by atoms with Gasteiger partial charge in [0.05, 0.1) is 12.3 Å². The van der Waals surface area contributed by atoms with E-state index in [9.17, 15) is 14.4 Å². The van der Waals surface area contributed by atoms with E-state index in [4.69, 9.17) is 16.3 Å². The number of nitrogens with zero attached hydrogens (tertiary/aromatic N) is 2. The summed E-state index contributed by atoms with van der Waals surface area (Å²) in [5.41, 5.74) is 2.83. The first-order chi connectivity index (χ1) is 16.0. The number of ether oxygens (including phenoxy) is 1. The Balaban J connectivity index is 1.72. The molecule has 1 fully saturated rings. The molecule has 2 heterocycles. The van der Waals surface area contributed by atoms with Gasteiger partial charge in [-0.25, -0.2) is 9.69 Å². The molecule has 34 heavy (non-hydrogen) atoms. The van der Waals surface area contributed by atoms with Gasteiger partial charge in [-0.05, 0) is 86.7 Å². The van der Waals surface area contributed by atoms with Crippen LogP contribution in [0.2, 0.25) is 5.02 Å². The summed E-state index contributed by atoms with van der Waals surface area (Å²) in [5.74, 6) is -0.574. The molecule has 2 aliphatic rings. The lowest BCUT2D eigenvalue weighted by Crippen LogP contribution is -2.54. The van der Waals surface area contributed by atoms with Gasteiger partial charge in [-0.15, -0.1) is 0 Å². The van der Waals surface area contributed by atoms with Crippen LogP contribution >= 0.6 is 11.6 Å². The van der Waals surface area contributed by atoms with E-state index in [0.29, 0.717) is 28.6 Å². The summed E-state index contributed by atoms with van der Waals surface area (Å²) < 4.78 is 5.42. The molecule has 0 saturated carbocycles. The summed E-state index contributed by atoms with van der Waals surface area (Å²) in [7, 11) is 2.04. The number of hydrogen-bond donors (Lipinski definition) is 1. The first kappa shape index (κ1) is 23.8. The van der Waals surface area contributed by atoms with Crippen LogP contribution in [0.4, 0.5) is 16.2 Å². The van der Waals surface area contributed by atoms with E-state index >= 15 is 0 Å². The summed E-state index contributed by atoms with van der Waals surface area (Å²) in [6.07, 6.45) is 2.41. The second-order valence-electron chi connectivity index (χ2n) is 9.29. The molecule has 1 unspecified atom stereocenters. The lowest BCUT2D eigenvalue weighted by Gasteiger charge is -2.45. The number of benzene rings is 2. The first-order valence-corrected chi connectivity index (χ1v) is 11.6. The highest BCUT2D eigenvalue weighted by Crippen LogP contribution is 2.44. The van der Waals surface area contributed by atoms with Crippen molar-refractivity contribution in [3.8, 4) is 5.75 Å². The summed E-state index contributed by atoms with van der Waals surface area (Å²) in [4.78, 5) is 41.5. The minimum atomic E-state index is -0.801. The molecule has 0 bridgehead atoms. The molecule has 0 spiro atoms. The Hall–Kier alpha value is -3.32. The van der Waals surface area contributed by atoms with Crippen molar-refractivity contribution in [1.29, 1.82) is 0 Å². The maximum atomic E-state index is 13.3. The van der Waals surface area contributed by atoms with Crippen LogP contribution in [-0.2, 0) is 9.59 Å². The van der Waals surface area contributed by atoms with Gasteiger partial charge in [0, 0.05) is 23.3 Å². The Morgan fingerprint density at radius 1 is 1.18 bits per heavy atom. The largest absolute Gasteiger partial charge is 0.494 e. The van der Waals surface area contributed by atoms with E-state index < -0.39 is 17.8 Å². The van der Waals surface area contributed by atoms with Gasteiger partial charge in [-0.3, -0.25) is 14.9 Å². The average Bonchev–Trinajstić information content (AvgIpc) is 2.76. The van der Waals surface area contributed by atoms with Crippen molar-refractivity contribution in [2.75, 3.05) is 23.5 Å². The number of urea groups is 1. The Morgan fingerprint density at radius 2 is 1.85 bits per heavy atom. The van der Waals surface area contributed by atoms with E-state index in [0.717, 1.165) is 22.6 Å². The zero-order chi connectivity index (χ0) is 24.8. The molecule has 1 atom stereocenters. The highest BCUT2D eigenvalue weighted by Gasteiger charge is 2.38. The SMILES string of the molecule is CCOc1ccc(N2C(=O)NC(=O)/C(=C/c3cc4c(cc3Cl)N(C)C(C)(C)CC4C)C2=O)cc1. The molecule has 4 amide bonds. The zero-order valence-corrected chi connectivity index (χ0v) is 20.7. The van der Waals surface area contributed by atoms with Crippen molar-refractivity contribution in [3.05, 3.63) is 58.1 Å². The van der Waals surface area contributed by atoms with Gasteiger partial charge in [0.25, 0.3) is 11.8 Å². The predicted molar refractivity (Wildman–Crippen MR) is 134 cm³/mol. The number of hydrogen-bond acceptors (Lipinski definition) is 5. The molecule has 1 N–H and O–H groups in total. The standard InChI is InChI=1S/C26H28ClN3O4/c1-6-34-18-9-7-17(8-10-18)30-24(32)20(23(31)28-25(30)33)12-16-11-19-15(2)14-26(3,4)29(5)22(19)13-21(16)27/h7-13,15H,6,14H2,1-5H3,(H,28,31,33)/b20-12-. The van der Waals surface area contributed by atoms with Crippen LogP contribution in [0.5, 0.6) is 5.75 Å². The summed E-state index contributed by atoms with van der Waals surface area (Å²) in [6, 6.07) is 9.53. The van der Waals surface area contributed by atoms with Gasteiger partial charge in [0.1, 0.15) is 11.3 Å². The highest BCUT2D eigenvalue weighted by atomic mass is 35.5. The van der Waals surface area contributed by atoms with Crippen LogP contribution in [0.3, 0.4) is 0 Å². The summed E-state index contributed by atoms with van der Waals surface area (Å²) in [6.45, 7) is 8.89. The van der Waals surface area contributed by atoms with E-state index in [1.165, 1.54) is 6.08 Å². The molecular formula is C26H28ClN3O4. The Kier molecular flexibility index (Phi) is 6.16. The van der Waals surface area contributed by atoms with E-state index in [2.05, 4.69) is 31.0 Å². The normalized spacial score (nSPS) is 20.9. The van der Waals surface area contributed by atoms with Crippen LogP contribution in [0.1, 0.15) is 51.2 Å². The zero-order valence-electron chi connectivity index (χ0n) is 19.9. The van der Waals surface area contributed by atoms with Gasteiger partial charge < -0.3 is 9.64 Å². The number of barbiturate groups is 1. The maximum absolute atomic E-state index is 13.3. The molecule has 1 saturated heterocycles. The molecule has 0 aliphatic carbocycles. The number of carbonyl (C=O) groups is 3. The summed E-state index contributed by atoms with van der Waals surface area (Å²) in [5, 5.41) is 2.68. The number of amides is 4. The quantitative estimate of drug-likeness (QED) is 0.484. The average molecular weight is 482 g/mol. The van der Waals surface area contributed by atoms with Gasteiger partial charge >= 0.3 is 6.03 Å². The number of anilines is 2. The number of halogens is 1. The second-order valence-corrected chi connectivity index (χ2v) is 9.70. The molecule has 0 aromatic heterocycles. The fourth-order valence-electron chi connectivity index (χ4n) is 4.62. The fraction of sp³-hybridized carbons (Fsp3) is 0.346. The van der Waals surface area contributed by atoms with Crippen LogP contribution in [-0.4, -0.2) is 37.0 Å². The van der Waals surface area contributed by atoms with Gasteiger partial charge in [0.2, 0.25) is 0 Å². The highest BCUT2D eigenvalue weighted by molar-refractivity contribution is 6.40. The lowest BCUT2D eigenvalue weighted by atomic mass is 9.80. The van der Waals surface area contributed by atoms with Gasteiger partial charge in [-0.1, -0.05) is 18.5 Å². The van der Waals surface area contributed by atoms with Crippen molar-refractivity contribution < 1.29 is 19.1 Å². The summed E-state index contributed by atoms with van der Waals surface area (Å²) >= 11 is 6.60. The van der Waals surface area contributed by atoms with Crippen molar-refractivity contribution >= 4 is 46.9 Å². The number of imide groups is 2. The van der Waals surface area contributed by atoms with Crippen LogP contribution < -0.4 is 19.9 Å². The smallest absolute Gasteiger partial charge is 0.335 e. The van der Waals surface area contributed by atoms with E-state index in [-0.39, 0.29) is 17.0 Å². The second kappa shape index (κ2) is 8.80. The minimum Gasteiger partial charge on any atom is -0.494 e. The van der Waals surface area contributed by atoms with Crippen molar-refractivity contribution in [2.45, 2.75) is 45.6 Å². The molecule has 2 aliphatic heterocycles.